The molecule has 4 nitrogen and oxygen atoms in total. The van der Waals surface area contributed by atoms with Crippen LogP contribution in [-0.2, 0) is 4.79 Å². The third-order valence-corrected chi connectivity index (χ3v) is 3.67. The molecule has 1 aromatic heterocycles. The average molecular weight is 252 g/mol. The second kappa shape index (κ2) is 5.31. The van der Waals surface area contributed by atoms with Gasteiger partial charge in [0.1, 0.15) is 0 Å². The molecule has 2 heterocycles. The van der Waals surface area contributed by atoms with Crippen LogP contribution in [0.25, 0.3) is 0 Å². The van der Waals surface area contributed by atoms with E-state index in [0.29, 0.717) is 32.6 Å². The maximum atomic E-state index is 12.0. The molecule has 92 valence electrons. The SMILES string of the molecule is CCC(=O)N1CCN(C(=O)c2ccsc2)CC1. The van der Waals surface area contributed by atoms with Crippen LogP contribution in [0.4, 0.5) is 0 Å². The van der Waals surface area contributed by atoms with Crippen LogP contribution in [0, 0.1) is 0 Å². The number of nitrogens with zero attached hydrogens (tertiary/aromatic N) is 2. The van der Waals surface area contributed by atoms with Crippen LogP contribution in [0.3, 0.4) is 0 Å². The van der Waals surface area contributed by atoms with Crippen molar-refractivity contribution in [3.05, 3.63) is 22.4 Å². The van der Waals surface area contributed by atoms with Crippen molar-refractivity contribution in [2.75, 3.05) is 26.2 Å². The van der Waals surface area contributed by atoms with Gasteiger partial charge >= 0.3 is 0 Å². The zero-order chi connectivity index (χ0) is 12.3. The molecule has 1 aliphatic heterocycles. The number of carbonyl (C=O) groups excluding carboxylic acids is 2. The Hall–Kier alpha value is -1.36. The zero-order valence-corrected chi connectivity index (χ0v) is 10.7. The standard InChI is InChI=1S/C12H16N2O2S/c1-2-11(15)13-4-6-14(7-5-13)12(16)10-3-8-17-9-10/h3,8-9H,2,4-7H2,1H3. The van der Waals surface area contributed by atoms with E-state index in [2.05, 4.69) is 0 Å². The van der Waals surface area contributed by atoms with Crippen molar-refractivity contribution in [2.24, 2.45) is 0 Å². The van der Waals surface area contributed by atoms with E-state index in [4.69, 9.17) is 0 Å². The fraction of sp³-hybridized carbons (Fsp3) is 0.500. The number of piperazine rings is 1. The van der Waals surface area contributed by atoms with Crippen LogP contribution >= 0.6 is 11.3 Å². The molecule has 0 aromatic carbocycles. The van der Waals surface area contributed by atoms with Crippen molar-refractivity contribution in [1.82, 2.24) is 9.80 Å². The van der Waals surface area contributed by atoms with Crippen molar-refractivity contribution in [3.63, 3.8) is 0 Å². The van der Waals surface area contributed by atoms with E-state index >= 15 is 0 Å². The lowest BCUT2D eigenvalue weighted by atomic mass is 10.2. The summed E-state index contributed by atoms with van der Waals surface area (Å²) in [6, 6.07) is 1.84. The van der Waals surface area contributed by atoms with Crippen LogP contribution < -0.4 is 0 Å². The summed E-state index contributed by atoms with van der Waals surface area (Å²) in [5.41, 5.74) is 0.755. The monoisotopic (exact) mass is 252 g/mol. The third kappa shape index (κ3) is 2.66. The summed E-state index contributed by atoms with van der Waals surface area (Å²) in [6.07, 6.45) is 0.540. The van der Waals surface area contributed by atoms with Crippen molar-refractivity contribution >= 4 is 23.2 Å². The average Bonchev–Trinajstić information content (AvgIpc) is 2.91. The maximum absolute atomic E-state index is 12.0. The first kappa shape index (κ1) is 12.1. The number of amides is 2. The largest absolute Gasteiger partial charge is 0.339 e. The van der Waals surface area contributed by atoms with Crippen molar-refractivity contribution in [2.45, 2.75) is 13.3 Å². The molecule has 1 fully saturated rings. The van der Waals surface area contributed by atoms with Gasteiger partial charge in [0.15, 0.2) is 0 Å². The van der Waals surface area contributed by atoms with Crippen molar-refractivity contribution in [1.29, 1.82) is 0 Å². The molecule has 1 aromatic rings. The van der Waals surface area contributed by atoms with Gasteiger partial charge in [-0.2, -0.15) is 11.3 Å². The summed E-state index contributed by atoms with van der Waals surface area (Å²) >= 11 is 1.53. The van der Waals surface area contributed by atoms with E-state index in [-0.39, 0.29) is 11.8 Å². The highest BCUT2D eigenvalue weighted by atomic mass is 32.1. The fourth-order valence-electron chi connectivity index (χ4n) is 1.95. The summed E-state index contributed by atoms with van der Waals surface area (Å²) in [5, 5.41) is 3.77. The fourth-order valence-corrected chi connectivity index (χ4v) is 2.58. The molecule has 0 aliphatic carbocycles. The Morgan fingerprint density at radius 1 is 1.24 bits per heavy atom. The number of carbonyl (C=O) groups is 2. The highest BCUT2D eigenvalue weighted by molar-refractivity contribution is 7.08. The predicted octanol–water partition coefficient (Wildman–Crippen LogP) is 1.44. The van der Waals surface area contributed by atoms with Crippen molar-refractivity contribution in [3.8, 4) is 0 Å². The third-order valence-electron chi connectivity index (χ3n) is 2.99. The summed E-state index contributed by atoms with van der Waals surface area (Å²) in [4.78, 5) is 27.2. The van der Waals surface area contributed by atoms with Gasteiger partial charge in [-0.15, -0.1) is 0 Å². The van der Waals surface area contributed by atoms with Gasteiger partial charge < -0.3 is 9.80 Å². The smallest absolute Gasteiger partial charge is 0.254 e. The number of hydrogen-bond donors (Lipinski definition) is 0. The Labute approximate surface area is 105 Å². The quantitative estimate of drug-likeness (QED) is 0.799. The van der Waals surface area contributed by atoms with E-state index in [9.17, 15) is 9.59 Å². The molecule has 5 heteroatoms. The minimum Gasteiger partial charge on any atom is -0.339 e. The van der Waals surface area contributed by atoms with Crippen LogP contribution in [0.15, 0.2) is 16.8 Å². The highest BCUT2D eigenvalue weighted by Gasteiger charge is 2.23. The Morgan fingerprint density at radius 3 is 2.41 bits per heavy atom. The molecule has 1 saturated heterocycles. The normalized spacial score (nSPS) is 16.1. The maximum Gasteiger partial charge on any atom is 0.254 e. The van der Waals surface area contributed by atoms with Gasteiger partial charge in [-0.05, 0) is 11.4 Å². The lowest BCUT2D eigenvalue weighted by Gasteiger charge is -2.34. The van der Waals surface area contributed by atoms with Crippen LogP contribution in [-0.4, -0.2) is 47.8 Å². The van der Waals surface area contributed by atoms with Gasteiger partial charge in [0.05, 0.1) is 5.56 Å². The lowest BCUT2D eigenvalue weighted by molar-refractivity contribution is -0.132. The first-order valence-corrected chi connectivity index (χ1v) is 6.76. The molecule has 17 heavy (non-hydrogen) atoms. The van der Waals surface area contributed by atoms with E-state index in [1.54, 1.807) is 0 Å². The second-order valence-electron chi connectivity index (χ2n) is 4.04. The van der Waals surface area contributed by atoms with Crippen LogP contribution in [0.2, 0.25) is 0 Å². The summed E-state index contributed by atoms with van der Waals surface area (Å²) in [5.74, 6) is 0.252. The molecule has 0 unspecified atom stereocenters. The molecule has 1 aliphatic rings. The molecule has 2 amide bonds. The van der Waals surface area contributed by atoms with Gasteiger partial charge in [-0.1, -0.05) is 6.92 Å². The molecule has 0 N–H and O–H groups in total. The van der Waals surface area contributed by atoms with Gasteiger partial charge in [-0.25, -0.2) is 0 Å². The molecule has 0 spiro atoms. The Balaban J connectivity index is 1.91. The van der Waals surface area contributed by atoms with E-state index < -0.39 is 0 Å². The minimum atomic E-state index is 0.0786. The highest BCUT2D eigenvalue weighted by Crippen LogP contribution is 2.12. The Kier molecular flexibility index (Phi) is 3.78. The van der Waals surface area contributed by atoms with Gasteiger partial charge in [0.25, 0.3) is 5.91 Å². The Morgan fingerprint density at radius 2 is 1.88 bits per heavy atom. The zero-order valence-electron chi connectivity index (χ0n) is 9.89. The molecule has 0 bridgehead atoms. The molecule has 0 saturated carbocycles. The first-order valence-electron chi connectivity index (χ1n) is 5.81. The number of rotatable bonds is 2. The number of hydrogen-bond acceptors (Lipinski definition) is 3. The van der Waals surface area contributed by atoms with Gasteiger partial charge in [0, 0.05) is 38.0 Å². The van der Waals surface area contributed by atoms with E-state index in [1.807, 2.05) is 33.6 Å². The Bertz CT molecular complexity index is 395. The summed E-state index contributed by atoms with van der Waals surface area (Å²) in [7, 11) is 0. The van der Waals surface area contributed by atoms with Gasteiger partial charge in [-0.3, -0.25) is 9.59 Å². The van der Waals surface area contributed by atoms with Crippen LogP contribution in [0.5, 0.6) is 0 Å². The molecule has 2 rings (SSSR count). The minimum absolute atomic E-state index is 0.0786. The first-order chi connectivity index (χ1) is 8.22. The summed E-state index contributed by atoms with van der Waals surface area (Å²) < 4.78 is 0. The summed E-state index contributed by atoms with van der Waals surface area (Å²) in [6.45, 7) is 4.46. The van der Waals surface area contributed by atoms with Gasteiger partial charge in [0.2, 0.25) is 5.91 Å². The second-order valence-corrected chi connectivity index (χ2v) is 4.82. The topological polar surface area (TPSA) is 40.6 Å². The molecular formula is C12H16N2O2S. The van der Waals surface area contributed by atoms with E-state index in [0.717, 1.165) is 5.56 Å². The van der Waals surface area contributed by atoms with Crippen LogP contribution in [0.1, 0.15) is 23.7 Å². The molecule has 0 radical (unpaired) electrons. The van der Waals surface area contributed by atoms with E-state index in [1.165, 1.54) is 11.3 Å². The molecule has 0 atom stereocenters. The predicted molar refractivity (Wildman–Crippen MR) is 67.1 cm³/mol. The lowest BCUT2D eigenvalue weighted by Crippen LogP contribution is -2.50. The number of thiophene rings is 1. The van der Waals surface area contributed by atoms with Crippen molar-refractivity contribution < 1.29 is 9.59 Å². The molecular weight excluding hydrogens is 236 g/mol.